The molecule has 0 aromatic carbocycles. The number of carbonyl (C=O) groups excluding carboxylic acids is 2. The maximum absolute atomic E-state index is 12.5. The van der Waals surface area contributed by atoms with E-state index in [0.29, 0.717) is 25.6 Å². The van der Waals surface area contributed by atoms with Crippen LogP contribution in [0.15, 0.2) is 0 Å². The lowest BCUT2D eigenvalue weighted by Crippen LogP contribution is -2.55. The van der Waals surface area contributed by atoms with Crippen molar-refractivity contribution in [2.75, 3.05) is 31.6 Å². The van der Waals surface area contributed by atoms with E-state index in [-0.39, 0.29) is 11.8 Å². The van der Waals surface area contributed by atoms with E-state index < -0.39 is 5.41 Å². The van der Waals surface area contributed by atoms with Crippen LogP contribution in [0.2, 0.25) is 0 Å². The Labute approximate surface area is 136 Å². The predicted molar refractivity (Wildman–Crippen MR) is 87.4 cm³/mol. The molecule has 0 amide bonds. The second-order valence-electron chi connectivity index (χ2n) is 6.19. The van der Waals surface area contributed by atoms with Crippen LogP contribution in [0.3, 0.4) is 0 Å². The molecular formula is C16H29BrNO3+. The first kappa shape index (κ1) is 18.6. The number of hydrogen-bond acceptors (Lipinski definition) is 3. The summed E-state index contributed by atoms with van der Waals surface area (Å²) in [6.45, 7) is 10.6. The highest BCUT2D eigenvalue weighted by molar-refractivity contribution is 9.09. The fourth-order valence-corrected chi connectivity index (χ4v) is 4.71. The molecule has 122 valence electrons. The molecule has 0 aliphatic carbocycles. The van der Waals surface area contributed by atoms with Gasteiger partial charge in [0.25, 0.3) is 0 Å². The van der Waals surface area contributed by atoms with Gasteiger partial charge in [-0.15, -0.1) is 0 Å². The van der Waals surface area contributed by atoms with Crippen molar-refractivity contribution in [2.45, 2.75) is 53.0 Å². The van der Waals surface area contributed by atoms with E-state index in [2.05, 4.69) is 29.8 Å². The molecule has 0 saturated carbocycles. The number of quaternary nitrogens is 1. The minimum Gasteiger partial charge on any atom is -0.465 e. The zero-order chi connectivity index (χ0) is 16.1. The second kappa shape index (κ2) is 7.73. The van der Waals surface area contributed by atoms with Crippen molar-refractivity contribution in [3.63, 3.8) is 0 Å². The summed E-state index contributed by atoms with van der Waals surface area (Å²) in [5, 5.41) is 0.821. The third-order valence-corrected chi connectivity index (χ3v) is 5.55. The third kappa shape index (κ3) is 3.50. The summed E-state index contributed by atoms with van der Waals surface area (Å²) in [5.41, 5.74) is -0.946. The molecular weight excluding hydrogens is 334 g/mol. The van der Waals surface area contributed by atoms with Gasteiger partial charge in [-0.2, -0.15) is 0 Å². The molecule has 0 aromatic rings. The largest absolute Gasteiger partial charge is 0.465 e. The number of ether oxygens (including phenoxy) is 1. The average molecular weight is 363 g/mol. The second-order valence-corrected chi connectivity index (χ2v) is 6.84. The van der Waals surface area contributed by atoms with Gasteiger partial charge < -0.3 is 9.22 Å². The number of halogens is 1. The zero-order valence-electron chi connectivity index (χ0n) is 13.8. The molecule has 0 N–H and O–H groups in total. The molecule has 1 rings (SSSR count). The smallest absolute Gasteiger partial charge is 0.325 e. The summed E-state index contributed by atoms with van der Waals surface area (Å²) < 4.78 is 6.11. The molecule has 1 heterocycles. The standard InChI is InChI=1S/C16H29BrNO3/c1-5-8-18(9-6-2)12-16(13(4)19,10-14(18)11-17)15(20)21-7-3/h14H,5-12H2,1-4H3/q+1. The first-order valence-electron chi connectivity index (χ1n) is 8.02. The van der Waals surface area contributed by atoms with Gasteiger partial charge in [0.1, 0.15) is 12.6 Å². The Bertz CT molecular complexity index is 380. The fraction of sp³-hybridized carbons (Fsp3) is 0.875. The van der Waals surface area contributed by atoms with Gasteiger partial charge in [0.05, 0.1) is 25.0 Å². The fourth-order valence-electron chi connectivity index (χ4n) is 3.87. The quantitative estimate of drug-likeness (QED) is 0.288. The molecule has 0 aromatic heterocycles. The van der Waals surface area contributed by atoms with Gasteiger partial charge >= 0.3 is 5.97 Å². The number of Topliss-reactive ketones (excluding diaryl/α,β-unsaturated/α-hetero) is 1. The summed E-state index contributed by atoms with van der Waals surface area (Å²) in [4.78, 5) is 24.8. The van der Waals surface area contributed by atoms with E-state index in [0.717, 1.165) is 35.7 Å². The van der Waals surface area contributed by atoms with Crippen LogP contribution < -0.4 is 0 Å². The molecule has 21 heavy (non-hydrogen) atoms. The number of alkyl halides is 1. The van der Waals surface area contributed by atoms with E-state index in [1.165, 1.54) is 0 Å². The Morgan fingerprint density at radius 1 is 1.24 bits per heavy atom. The number of esters is 1. The van der Waals surface area contributed by atoms with Crippen LogP contribution in [0.25, 0.3) is 0 Å². The number of ketones is 1. The van der Waals surface area contributed by atoms with Gasteiger partial charge in [-0.3, -0.25) is 9.59 Å². The summed E-state index contributed by atoms with van der Waals surface area (Å²) in [6.07, 6.45) is 2.72. The van der Waals surface area contributed by atoms with E-state index in [1.54, 1.807) is 13.8 Å². The number of rotatable bonds is 8. The van der Waals surface area contributed by atoms with Crippen LogP contribution >= 0.6 is 15.9 Å². The van der Waals surface area contributed by atoms with Gasteiger partial charge in [-0.1, -0.05) is 29.8 Å². The lowest BCUT2D eigenvalue weighted by Gasteiger charge is -2.40. The average Bonchev–Trinajstić information content (AvgIpc) is 2.76. The normalized spacial score (nSPS) is 27.6. The Kier molecular flexibility index (Phi) is 6.85. The SMILES string of the molecule is CCC[N+]1(CCC)CC(C(C)=O)(C(=O)OCC)CC1CBr. The lowest BCUT2D eigenvalue weighted by atomic mass is 9.82. The van der Waals surface area contributed by atoms with Crippen LogP contribution in [0.5, 0.6) is 0 Å². The summed E-state index contributed by atoms with van der Waals surface area (Å²) in [6, 6.07) is 0.304. The molecule has 1 aliphatic heterocycles. The van der Waals surface area contributed by atoms with Crippen molar-refractivity contribution in [1.29, 1.82) is 0 Å². The van der Waals surface area contributed by atoms with Crippen molar-refractivity contribution in [3.05, 3.63) is 0 Å². The van der Waals surface area contributed by atoms with Gasteiger partial charge in [0, 0.05) is 6.42 Å². The minimum absolute atomic E-state index is 0.0425. The number of likely N-dealkylation sites (tertiary alicyclic amines) is 1. The van der Waals surface area contributed by atoms with Crippen LogP contribution in [-0.4, -0.2) is 53.8 Å². The number of carbonyl (C=O) groups is 2. The molecule has 2 unspecified atom stereocenters. The third-order valence-electron chi connectivity index (χ3n) is 4.80. The molecule has 1 saturated heterocycles. The molecule has 0 bridgehead atoms. The Morgan fingerprint density at radius 2 is 1.81 bits per heavy atom. The summed E-state index contributed by atoms with van der Waals surface area (Å²) in [5.74, 6) is -0.366. The van der Waals surface area contributed by atoms with Crippen molar-refractivity contribution in [3.8, 4) is 0 Å². The first-order valence-corrected chi connectivity index (χ1v) is 9.14. The summed E-state index contributed by atoms with van der Waals surface area (Å²) in [7, 11) is 0. The van der Waals surface area contributed by atoms with Gasteiger partial charge in [-0.25, -0.2) is 0 Å². The van der Waals surface area contributed by atoms with Crippen LogP contribution in [0.1, 0.15) is 47.0 Å². The zero-order valence-corrected chi connectivity index (χ0v) is 15.4. The highest BCUT2D eigenvalue weighted by Crippen LogP contribution is 2.43. The molecule has 0 spiro atoms. The van der Waals surface area contributed by atoms with Gasteiger partial charge in [0.15, 0.2) is 11.2 Å². The highest BCUT2D eigenvalue weighted by Gasteiger charge is 2.61. The maximum Gasteiger partial charge on any atom is 0.325 e. The number of hydrogen-bond donors (Lipinski definition) is 0. The van der Waals surface area contributed by atoms with E-state index in [1.807, 2.05) is 0 Å². The lowest BCUT2D eigenvalue weighted by molar-refractivity contribution is -0.938. The maximum atomic E-state index is 12.5. The van der Waals surface area contributed by atoms with Crippen LogP contribution in [-0.2, 0) is 14.3 Å². The Balaban J connectivity index is 3.20. The van der Waals surface area contributed by atoms with Crippen LogP contribution in [0, 0.1) is 5.41 Å². The molecule has 0 radical (unpaired) electrons. The van der Waals surface area contributed by atoms with Gasteiger partial charge in [0.2, 0.25) is 0 Å². The predicted octanol–water partition coefficient (Wildman–Crippen LogP) is 2.93. The van der Waals surface area contributed by atoms with E-state index >= 15 is 0 Å². The first-order chi connectivity index (χ1) is 9.92. The topological polar surface area (TPSA) is 43.4 Å². The monoisotopic (exact) mass is 362 g/mol. The Morgan fingerprint density at radius 3 is 2.19 bits per heavy atom. The van der Waals surface area contributed by atoms with Gasteiger partial charge in [-0.05, 0) is 26.7 Å². The van der Waals surface area contributed by atoms with Crippen molar-refractivity contribution >= 4 is 27.7 Å². The molecule has 5 heteroatoms. The van der Waals surface area contributed by atoms with Crippen molar-refractivity contribution in [2.24, 2.45) is 5.41 Å². The molecule has 2 atom stereocenters. The minimum atomic E-state index is -0.946. The molecule has 1 aliphatic rings. The van der Waals surface area contributed by atoms with E-state index in [9.17, 15) is 9.59 Å². The van der Waals surface area contributed by atoms with Crippen molar-refractivity contribution < 1.29 is 18.8 Å². The van der Waals surface area contributed by atoms with Crippen LogP contribution in [0.4, 0.5) is 0 Å². The molecule has 4 nitrogen and oxygen atoms in total. The van der Waals surface area contributed by atoms with E-state index in [4.69, 9.17) is 4.74 Å². The Hall–Kier alpha value is -0.420. The van der Waals surface area contributed by atoms with Crippen molar-refractivity contribution in [1.82, 2.24) is 0 Å². The highest BCUT2D eigenvalue weighted by atomic mass is 79.9. The number of nitrogens with zero attached hydrogens (tertiary/aromatic N) is 1. The summed E-state index contributed by atoms with van der Waals surface area (Å²) >= 11 is 3.60. The molecule has 1 fully saturated rings.